The second-order valence-corrected chi connectivity index (χ2v) is 4.70. The predicted octanol–water partition coefficient (Wildman–Crippen LogP) is 3.41. The highest BCUT2D eigenvalue weighted by Crippen LogP contribution is 2.20. The quantitative estimate of drug-likeness (QED) is 0.852. The Balaban J connectivity index is 1.92. The molecule has 4 heteroatoms. The van der Waals surface area contributed by atoms with E-state index in [-0.39, 0.29) is 0 Å². The lowest BCUT2D eigenvalue weighted by molar-refractivity contribution is 0.167. The van der Waals surface area contributed by atoms with E-state index in [0.29, 0.717) is 11.6 Å². The molecule has 3 nitrogen and oxygen atoms in total. The van der Waals surface area contributed by atoms with Gasteiger partial charge < -0.3 is 9.84 Å². The minimum atomic E-state index is -0.521. The van der Waals surface area contributed by atoms with Crippen molar-refractivity contribution in [1.82, 2.24) is 4.98 Å². The number of ether oxygens (including phenoxy) is 1. The van der Waals surface area contributed by atoms with Gasteiger partial charge in [-0.1, -0.05) is 29.8 Å². The van der Waals surface area contributed by atoms with Gasteiger partial charge in [-0.25, -0.2) is 4.98 Å². The summed E-state index contributed by atoms with van der Waals surface area (Å²) in [6.07, 6.45) is 2.54. The number of nitrogens with zero attached hydrogens (tertiary/aromatic N) is 1. The Hall–Kier alpha value is -1.58. The van der Waals surface area contributed by atoms with Gasteiger partial charge >= 0.3 is 0 Å². The number of hydrogen-bond acceptors (Lipinski definition) is 3. The number of hydrogen-bond donors (Lipinski definition) is 1. The van der Waals surface area contributed by atoms with E-state index in [1.807, 2.05) is 24.3 Å². The zero-order chi connectivity index (χ0) is 13.7. The van der Waals surface area contributed by atoms with Gasteiger partial charge in [-0.05, 0) is 42.2 Å². The monoisotopic (exact) mass is 277 g/mol. The van der Waals surface area contributed by atoms with Crippen LogP contribution in [0.5, 0.6) is 5.75 Å². The molecule has 1 N–H and O–H groups in total. The molecule has 0 amide bonds. The second-order valence-electron chi connectivity index (χ2n) is 4.32. The van der Waals surface area contributed by atoms with Gasteiger partial charge in [0, 0.05) is 6.20 Å². The minimum absolute atomic E-state index is 0.436. The molecular formula is C15H16ClNO2. The Morgan fingerprint density at radius 2 is 1.95 bits per heavy atom. The maximum absolute atomic E-state index is 10.1. The molecule has 2 aromatic rings. The first-order valence-corrected chi connectivity index (χ1v) is 6.49. The number of aryl methyl sites for hydroxylation is 1. The summed E-state index contributed by atoms with van der Waals surface area (Å²) in [6.45, 7) is 0. The first-order valence-electron chi connectivity index (χ1n) is 6.11. The van der Waals surface area contributed by atoms with E-state index in [9.17, 15) is 5.11 Å². The molecule has 0 spiro atoms. The molecule has 0 saturated carbocycles. The van der Waals surface area contributed by atoms with Gasteiger partial charge in [0.2, 0.25) is 0 Å². The van der Waals surface area contributed by atoms with Gasteiger partial charge in [0.1, 0.15) is 10.9 Å². The zero-order valence-corrected chi connectivity index (χ0v) is 11.5. The molecule has 0 saturated heterocycles. The van der Waals surface area contributed by atoms with E-state index < -0.39 is 6.10 Å². The topological polar surface area (TPSA) is 42.4 Å². The van der Waals surface area contributed by atoms with Gasteiger partial charge in [-0.3, -0.25) is 0 Å². The van der Waals surface area contributed by atoms with Crippen molar-refractivity contribution >= 4 is 11.6 Å². The Labute approximate surface area is 117 Å². The number of aromatic nitrogens is 1. The van der Waals surface area contributed by atoms with E-state index in [4.69, 9.17) is 16.3 Å². The van der Waals surface area contributed by atoms with Crippen LogP contribution in [0.1, 0.15) is 23.7 Å². The summed E-state index contributed by atoms with van der Waals surface area (Å²) in [4.78, 5) is 3.97. The van der Waals surface area contributed by atoms with Crippen LogP contribution in [-0.2, 0) is 6.42 Å². The molecule has 1 unspecified atom stereocenters. The standard InChI is InChI=1S/C15H16ClNO2/c1-19-13-6-2-11(3-7-13)4-8-14(18)12-5-9-15(16)17-10-12/h2-3,5-7,9-10,14,18H,4,8H2,1H3. The highest BCUT2D eigenvalue weighted by atomic mass is 35.5. The summed E-state index contributed by atoms with van der Waals surface area (Å²) in [5, 5.41) is 10.5. The van der Waals surface area contributed by atoms with Crippen LogP contribution < -0.4 is 4.74 Å². The van der Waals surface area contributed by atoms with Crippen molar-refractivity contribution in [1.29, 1.82) is 0 Å². The van der Waals surface area contributed by atoms with Crippen molar-refractivity contribution in [3.05, 3.63) is 58.9 Å². The summed E-state index contributed by atoms with van der Waals surface area (Å²) in [7, 11) is 1.65. The van der Waals surface area contributed by atoms with Crippen LogP contribution in [0.3, 0.4) is 0 Å². The van der Waals surface area contributed by atoms with Crippen LogP contribution in [-0.4, -0.2) is 17.2 Å². The number of rotatable bonds is 5. The molecule has 1 aromatic heterocycles. The number of aliphatic hydroxyl groups excluding tert-OH is 1. The van der Waals surface area contributed by atoms with Gasteiger partial charge in [0.15, 0.2) is 0 Å². The van der Waals surface area contributed by atoms with E-state index in [1.54, 1.807) is 25.4 Å². The van der Waals surface area contributed by atoms with Crippen LogP contribution >= 0.6 is 11.6 Å². The molecule has 0 fully saturated rings. The maximum atomic E-state index is 10.1. The van der Waals surface area contributed by atoms with Crippen molar-refractivity contribution in [3.8, 4) is 5.75 Å². The van der Waals surface area contributed by atoms with Gasteiger partial charge in [-0.15, -0.1) is 0 Å². The Bertz CT molecular complexity index is 511. The average molecular weight is 278 g/mol. The molecular weight excluding hydrogens is 262 g/mol. The number of aliphatic hydroxyl groups is 1. The third-order valence-electron chi connectivity index (χ3n) is 3.00. The van der Waals surface area contributed by atoms with Crippen molar-refractivity contribution in [2.75, 3.05) is 7.11 Å². The summed E-state index contributed by atoms with van der Waals surface area (Å²) in [5.41, 5.74) is 1.96. The van der Waals surface area contributed by atoms with E-state index in [2.05, 4.69) is 4.98 Å². The summed E-state index contributed by atoms with van der Waals surface area (Å²) >= 11 is 5.71. The number of pyridine rings is 1. The number of halogens is 1. The highest BCUT2D eigenvalue weighted by Gasteiger charge is 2.08. The fourth-order valence-corrected chi connectivity index (χ4v) is 1.96. The molecule has 0 aliphatic rings. The van der Waals surface area contributed by atoms with E-state index >= 15 is 0 Å². The minimum Gasteiger partial charge on any atom is -0.497 e. The third kappa shape index (κ3) is 3.94. The fraction of sp³-hybridized carbons (Fsp3) is 0.267. The fourth-order valence-electron chi connectivity index (χ4n) is 1.85. The number of methoxy groups -OCH3 is 1. The molecule has 1 heterocycles. The molecule has 0 bridgehead atoms. The van der Waals surface area contributed by atoms with E-state index in [0.717, 1.165) is 17.7 Å². The van der Waals surface area contributed by atoms with Crippen LogP contribution in [0.2, 0.25) is 5.15 Å². The average Bonchev–Trinajstić information content (AvgIpc) is 2.46. The van der Waals surface area contributed by atoms with Crippen molar-refractivity contribution < 1.29 is 9.84 Å². The van der Waals surface area contributed by atoms with Crippen LogP contribution in [0, 0.1) is 0 Å². The Morgan fingerprint density at radius 1 is 1.21 bits per heavy atom. The van der Waals surface area contributed by atoms with Gasteiger partial charge in [0.25, 0.3) is 0 Å². The van der Waals surface area contributed by atoms with Gasteiger partial charge in [0.05, 0.1) is 13.2 Å². The normalized spacial score (nSPS) is 12.2. The predicted molar refractivity (Wildman–Crippen MR) is 75.5 cm³/mol. The summed E-state index contributed by atoms with van der Waals surface area (Å²) in [6, 6.07) is 11.3. The van der Waals surface area contributed by atoms with Crippen LogP contribution in [0.15, 0.2) is 42.6 Å². The SMILES string of the molecule is COc1ccc(CCC(O)c2ccc(Cl)nc2)cc1. The summed E-state index contributed by atoms with van der Waals surface area (Å²) in [5.74, 6) is 0.839. The smallest absolute Gasteiger partial charge is 0.129 e. The largest absolute Gasteiger partial charge is 0.497 e. The first-order chi connectivity index (χ1) is 9.19. The number of benzene rings is 1. The molecule has 0 aliphatic carbocycles. The maximum Gasteiger partial charge on any atom is 0.129 e. The van der Waals surface area contributed by atoms with Crippen LogP contribution in [0.25, 0.3) is 0 Å². The molecule has 2 rings (SSSR count). The molecule has 1 aromatic carbocycles. The Kier molecular flexibility index (Phi) is 4.77. The lowest BCUT2D eigenvalue weighted by atomic mass is 10.0. The van der Waals surface area contributed by atoms with E-state index in [1.165, 1.54) is 5.56 Å². The van der Waals surface area contributed by atoms with Crippen molar-refractivity contribution in [2.24, 2.45) is 0 Å². The summed E-state index contributed by atoms with van der Waals surface area (Å²) < 4.78 is 5.11. The molecule has 100 valence electrons. The Morgan fingerprint density at radius 3 is 2.53 bits per heavy atom. The second kappa shape index (κ2) is 6.55. The molecule has 0 aliphatic heterocycles. The van der Waals surface area contributed by atoms with Gasteiger partial charge in [-0.2, -0.15) is 0 Å². The third-order valence-corrected chi connectivity index (χ3v) is 3.22. The van der Waals surface area contributed by atoms with Crippen molar-refractivity contribution in [3.63, 3.8) is 0 Å². The molecule has 0 radical (unpaired) electrons. The molecule has 19 heavy (non-hydrogen) atoms. The highest BCUT2D eigenvalue weighted by molar-refractivity contribution is 6.29. The van der Waals surface area contributed by atoms with Crippen LogP contribution in [0.4, 0.5) is 0 Å². The first kappa shape index (κ1) is 13.8. The lowest BCUT2D eigenvalue weighted by Crippen LogP contribution is -2.00. The zero-order valence-electron chi connectivity index (χ0n) is 10.7. The van der Waals surface area contributed by atoms with Crippen molar-refractivity contribution in [2.45, 2.75) is 18.9 Å². The molecule has 1 atom stereocenters. The lowest BCUT2D eigenvalue weighted by Gasteiger charge is -2.10.